The van der Waals surface area contributed by atoms with E-state index in [2.05, 4.69) is 39.2 Å². The lowest BCUT2D eigenvalue weighted by atomic mass is 9.85. The van der Waals surface area contributed by atoms with E-state index < -0.39 is 5.54 Å². The van der Waals surface area contributed by atoms with Crippen LogP contribution in [0.25, 0.3) is 27.8 Å². The SMILES string of the molecule is CC(C)N1CNC(=O)C12CCN(c1nncc3c(-c4ccc(Cl)cc4)n(-c4ccccc4Cl)nc13)CC2. The zero-order chi connectivity index (χ0) is 25.7. The number of carbonyl (C=O) groups excluding carboxylic acids is 1. The van der Waals surface area contributed by atoms with Crippen molar-refractivity contribution < 1.29 is 4.79 Å². The van der Waals surface area contributed by atoms with E-state index in [1.165, 1.54) is 0 Å². The lowest BCUT2D eigenvalue weighted by Crippen LogP contribution is -2.58. The van der Waals surface area contributed by atoms with Crippen LogP contribution in [0.3, 0.4) is 0 Å². The van der Waals surface area contributed by atoms with E-state index in [9.17, 15) is 4.79 Å². The highest BCUT2D eigenvalue weighted by atomic mass is 35.5. The summed E-state index contributed by atoms with van der Waals surface area (Å²) in [7, 11) is 0. The van der Waals surface area contributed by atoms with Gasteiger partial charge in [-0.2, -0.15) is 10.2 Å². The smallest absolute Gasteiger partial charge is 0.241 e. The number of anilines is 1. The van der Waals surface area contributed by atoms with Crippen molar-refractivity contribution in [3.63, 3.8) is 0 Å². The Morgan fingerprint density at radius 3 is 2.46 bits per heavy atom. The maximum absolute atomic E-state index is 12.9. The number of hydrogen-bond donors (Lipinski definition) is 1. The van der Waals surface area contributed by atoms with Crippen LogP contribution in [-0.4, -0.2) is 62.1 Å². The van der Waals surface area contributed by atoms with Crippen molar-refractivity contribution in [3.8, 4) is 16.9 Å². The molecule has 10 heteroatoms. The highest BCUT2D eigenvalue weighted by Crippen LogP contribution is 2.39. The van der Waals surface area contributed by atoms with E-state index in [1.54, 1.807) is 6.20 Å². The Kier molecular flexibility index (Phi) is 6.06. The average Bonchev–Trinajstić information content (AvgIpc) is 3.43. The molecule has 1 N–H and O–H groups in total. The molecule has 0 aliphatic carbocycles. The molecule has 190 valence electrons. The number of carbonyl (C=O) groups is 1. The molecule has 4 aromatic rings. The Morgan fingerprint density at radius 2 is 1.76 bits per heavy atom. The summed E-state index contributed by atoms with van der Waals surface area (Å²) in [6.45, 7) is 6.23. The predicted molar refractivity (Wildman–Crippen MR) is 146 cm³/mol. The topological polar surface area (TPSA) is 79.2 Å². The van der Waals surface area contributed by atoms with Crippen LogP contribution >= 0.6 is 23.2 Å². The second kappa shape index (κ2) is 9.28. The van der Waals surface area contributed by atoms with Crippen molar-refractivity contribution >= 4 is 45.8 Å². The fourth-order valence-electron chi connectivity index (χ4n) is 5.69. The van der Waals surface area contributed by atoms with Crippen LogP contribution in [0.2, 0.25) is 10.0 Å². The predicted octanol–water partition coefficient (Wildman–Crippen LogP) is 4.93. The molecule has 0 unspecified atom stereocenters. The Hall–Kier alpha value is -3.20. The van der Waals surface area contributed by atoms with Crippen molar-refractivity contribution in [2.45, 2.75) is 38.3 Å². The molecule has 0 bridgehead atoms. The first-order valence-electron chi connectivity index (χ1n) is 12.4. The highest BCUT2D eigenvalue weighted by molar-refractivity contribution is 6.32. The fourth-order valence-corrected chi connectivity index (χ4v) is 6.03. The summed E-state index contributed by atoms with van der Waals surface area (Å²) < 4.78 is 1.86. The lowest BCUT2D eigenvalue weighted by Gasteiger charge is -2.44. The van der Waals surface area contributed by atoms with E-state index in [0.29, 0.717) is 48.5 Å². The molecule has 2 aromatic carbocycles. The quantitative estimate of drug-likeness (QED) is 0.399. The third-order valence-corrected chi connectivity index (χ3v) is 8.14. The van der Waals surface area contributed by atoms with Gasteiger partial charge in [-0.05, 0) is 51.0 Å². The largest absolute Gasteiger partial charge is 0.353 e. The van der Waals surface area contributed by atoms with Gasteiger partial charge >= 0.3 is 0 Å². The summed E-state index contributed by atoms with van der Waals surface area (Å²) in [6, 6.07) is 15.6. The molecule has 8 nitrogen and oxygen atoms in total. The van der Waals surface area contributed by atoms with Crippen LogP contribution in [0, 0.1) is 0 Å². The molecule has 1 amide bonds. The first kappa shape index (κ1) is 24.2. The molecule has 0 radical (unpaired) electrons. The van der Waals surface area contributed by atoms with E-state index in [0.717, 1.165) is 27.8 Å². The molecular formula is C27H27Cl2N7O. The van der Waals surface area contributed by atoms with Gasteiger partial charge in [-0.15, -0.1) is 5.10 Å². The monoisotopic (exact) mass is 535 g/mol. The number of aromatic nitrogens is 4. The number of nitrogens with one attached hydrogen (secondary N) is 1. The third-order valence-electron chi connectivity index (χ3n) is 7.57. The Balaban J connectivity index is 1.44. The number of amides is 1. The molecule has 2 aromatic heterocycles. The van der Waals surface area contributed by atoms with Gasteiger partial charge in [-0.25, -0.2) is 4.68 Å². The van der Waals surface area contributed by atoms with E-state index in [4.69, 9.17) is 28.3 Å². The molecule has 0 saturated carbocycles. The first-order valence-corrected chi connectivity index (χ1v) is 13.2. The number of rotatable bonds is 4. The van der Waals surface area contributed by atoms with Crippen molar-refractivity contribution in [2.75, 3.05) is 24.7 Å². The normalized spacial score (nSPS) is 17.8. The second-order valence-electron chi connectivity index (χ2n) is 9.90. The van der Waals surface area contributed by atoms with Gasteiger partial charge in [0.15, 0.2) is 5.82 Å². The summed E-state index contributed by atoms with van der Waals surface area (Å²) in [5.41, 5.74) is 2.85. The molecule has 2 aliphatic rings. The number of hydrogen-bond acceptors (Lipinski definition) is 6. The minimum absolute atomic E-state index is 0.123. The van der Waals surface area contributed by atoms with E-state index in [1.807, 2.05) is 53.2 Å². The number of nitrogens with zero attached hydrogens (tertiary/aromatic N) is 6. The zero-order valence-electron chi connectivity index (χ0n) is 20.7. The maximum atomic E-state index is 12.9. The van der Waals surface area contributed by atoms with Crippen molar-refractivity contribution in [1.29, 1.82) is 0 Å². The Labute approximate surface area is 225 Å². The van der Waals surface area contributed by atoms with Crippen LogP contribution in [0.1, 0.15) is 26.7 Å². The van der Waals surface area contributed by atoms with Gasteiger partial charge in [-0.1, -0.05) is 47.5 Å². The summed E-state index contributed by atoms with van der Waals surface area (Å²) in [5, 5.41) is 19.1. The highest BCUT2D eigenvalue weighted by Gasteiger charge is 2.51. The first-order chi connectivity index (χ1) is 17.9. The van der Waals surface area contributed by atoms with Crippen molar-refractivity contribution in [3.05, 3.63) is 64.8 Å². The fraction of sp³-hybridized carbons (Fsp3) is 0.333. The summed E-state index contributed by atoms with van der Waals surface area (Å²) in [4.78, 5) is 17.4. The van der Waals surface area contributed by atoms with Crippen LogP contribution in [0.5, 0.6) is 0 Å². The second-order valence-corrected chi connectivity index (χ2v) is 10.7. The summed E-state index contributed by atoms with van der Waals surface area (Å²) in [6.07, 6.45) is 3.17. The number of piperidine rings is 1. The Bertz CT molecular complexity index is 1480. The van der Waals surface area contributed by atoms with Gasteiger partial charge in [0.2, 0.25) is 5.91 Å². The lowest BCUT2D eigenvalue weighted by molar-refractivity contribution is -0.128. The molecule has 37 heavy (non-hydrogen) atoms. The molecule has 2 aliphatic heterocycles. The van der Waals surface area contributed by atoms with Crippen LogP contribution in [0.4, 0.5) is 5.82 Å². The van der Waals surface area contributed by atoms with E-state index in [-0.39, 0.29) is 11.9 Å². The minimum Gasteiger partial charge on any atom is -0.353 e. The molecule has 6 rings (SSSR count). The van der Waals surface area contributed by atoms with Crippen molar-refractivity contribution in [2.24, 2.45) is 0 Å². The molecule has 1 spiro atoms. The summed E-state index contributed by atoms with van der Waals surface area (Å²) >= 11 is 12.8. The molecule has 4 heterocycles. The number of para-hydroxylation sites is 1. The third kappa shape index (κ3) is 3.95. The standard InChI is InChI=1S/C27H27Cl2N7O/c1-17(2)35-16-30-26(37)27(35)11-13-34(14-12-27)25-23-20(15-31-32-25)24(18-7-9-19(28)10-8-18)36(33-23)22-6-4-3-5-21(22)29/h3-10,15,17H,11-14,16H2,1-2H3,(H,30,37). The van der Waals surface area contributed by atoms with Crippen molar-refractivity contribution in [1.82, 2.24) is 30.2 Å². The molecule has 2 saturated heterocycles. The number of fused-ring (bicyclic) bond motifs is 1. The van der Waals surface area contributed by atoms with Gasteiger partial charge in [0.1, 0.15) is 11.1 Å². The van der Waals surface area contributed by atoms with Crippen LogP contribution < -0.4 is 10.2 Å². The zero-order valence-corrected chi connectivity index (χ0v) is 22.2. The van der Waals surface area contributed by atoms with Crippen LogP contribution in [-0.2, 0) is 4.79 Å². The van der Waals surface area contributed by atoms with Gasteiger partial charge in [-0.3, -0.25) is 9.69 Å². The van der Waals surface area contributed by atoms with Gasteiger partial charge in [0, 0.05) is 29.7 Å². The van der Waals surface area contributed by atoms with E-state index >= 15 is 0 Å². The summed E-state index contributed by atoms with van der Waals surface area (Å²) in [5.74, 6) is 0.834. The van der Waals surface area contributed by atoms with Crippen LogP contribution in [0.15, 0.2) is 54.7 Å². The van der Waals surface area contributed by atoms with Gasteiger partial charge < -0.3 is 10.2 Å². The molecule has 2 fully saturated rings. The van der Waals surface area contributed by atoms with Gasteiger partial charge in [0.25, 0.3) is 0 Å². The number of halogens is 2. The minimum atomic E-state index is -0.475. The maximum Gasteiger partial charge on any atom is 0.241 e. The Morgan fingerprint density at radius 1 is 1.03 bits per heavy atom. The molecular weight excluding hydrogens is 509 g/mol. The molecule has 0 atom stereocenters. The van der Waals surface area contributed by atoms with Gasteiger partial charge in [0.05, 0.1) is 34.7 Å². The average molecular weight is 536 g/mol. The number of benzene rings is 2.